The molecule has 0 aliphatic carbocycles. The Morgan fingerprint density at radius 2 is 1.66 bits per heavy atom. The number of hydrogen-bond acceptors (Lipinski definition) is 6. The summed E-state index contributed by atoms with van der Waals surface area (Å²) >= 11 is 0. The average Bonchev–Trinajstić information content (AvgIpc) is 3.18. The zero-order valence-corrected chi connectivity index (χ0v) is 21.6. The monoisotopic (exact) mass is 503 g/mol. The van der Waals surface area contributed by atoms with Crippen molar-refractivity contribution in [2.45, 2.75) is 51.5 Å². The molecule has 10 heteroatoms. The van der Waals surface area contributed by atoms with Crippen molar-refractivity contribution in [3.05, 3.63) is 65.7 Å². The van der Waals surface area contributed by atoms with E-state index in [1.54, 1.807) is 38.3 Å². The lowest BCUT2D eigenvalue weighted by atomic mass is 10.0. The Kier molecular flexibility index (Phi) is 8.52. The van der Waals surface area contributed by atoms with Crippen LogP contribution in [0.15, 0.2) is 54.6 Å². The van der Waals surface area contributed by atoms with Crippen LogP contribution in [0.1, 0.15) is 31.4 Å². The Balaban J connectivity index is 1.90. The highest BCUT2D eigenvalue weighted by Gasteiger charge is 2.50. The first-order valence-corrected chi connectivity index (χ1v) is 12.8. The van der Waals surface area contributed by atoms with Crippen LogP contribution in [0.4, 0.5) is 4.79 Å². The molecule has 3 atom stereocenters. The quantitative estimate of drug-likeness (QED) is 0.522. The van der Waals surface area contributed by atoms with Crippen LogP contribution >= 0.6 is 0 Å². The van der Waals surface area contributed by atoms with Crippen LogP contribution in [0.3, 0.4) is 0 Å². The molecular weight excluding hydrogens is 470 g/mol. The summed E-state index contributed by atoms with van der Waals surface area (Å²) in [6, 6.07) is 14.2. The number of rotatable bonds is 9. The first-order chi connectivity index (χ1) is 16.6. The first-order valence-electron chi connectivity index (χ1n) is 11.4. The number of methoxy groups -OCH3 is 1. The number of benzene rings is 2. The molecule has 2 aromatic carbocycles. The molecule has 1 aliphatic heterocycles. The number of ketones is 1. The van der Waals surface area contributed by atoms with Crippen LogP contribution in [0.5, 0.6) is 5.75 Å². The minimum atomic E-state index is -3.93. The molecule has 3 rings (SSSR count). The number of nitrogens with zero attached hydrogens (tertiary/aromatic N) is 3. The molecule has 0 aromatic heterocycles. The van der Waals surface area contributed by atoms with Gasteiger partial charge in [0.25, 0.3) is 10.2 Å². The minimum Gasteiger partial charge on any atom is -0.497 e. The van der Waals surface area contributed by atoms with E-state index in [1.807, 2.05) is 30.3 Å². The summed E-state index contributed by atoms with van der Waals surface area (Å²) in [6.45, 7) is 3.27. The molecule has 2 aromatic rings. The fourth-order valence-electron chi connectivity index (χ4n) is 4.37. The van der Waals surface area contributed by atoms with Gasteiger partial charge >= 0.3 is 6.09 Å². The van der Waals surface area contributed by atoms with Gasteiger partial charge in [0.1, 0.15) is 18.4 Å². The Labute approximate surface area is 207 Å². The lowest BCUT2D eigenvalue weighted by Crippen LogP contribution is -2.54. The van der Waals surface area contributed by atoms with Crippen molar-refractivity contribution in [2.75, 3.05) is 21.2 Å². The largest absolute Gasteiger partial charge is 0.497 e. The third kappa shape index (κ3) is 6.01. The normalized spacial score (nSPS) is 20.3. The van der Waals surface area contributed by atoms with Crippen LogP contribution in [-0.2, 0) is 32.9 Å². The zero-order valence-electron chi connectivity index (χ0n) is 20.7. The van der Waals surface area contributed by atoms with E-state index < -0.39 is 34.4 Å². The van der Waals surface area contributed by atoms with Gasteiger partial charge in [-0.25, -0.2) is 4.79 Å². The van der Waals surface area contributed by atoms with Gasteiger partial charge in [-0.15, -0.1) is 0 Å². The Morgan fingerprint density at radius 1 is 1.03 bits per heavy atom. The van der Waals surface area contributed by atoms with Gasteiger partial charge in [0.05, 0.1) is 13.2 Å². The predicted octanol–water partition coefficient (Wildman–Crippen LogP) is 3.06. The molecule has 35 heavy (non-hydrogen) atoms. The summed E-state index contributed by atoms with van der Waals surface area (Å²) in [7, 11) is 0.526. The SMILES string of the molecule is COc1ccc(CN([C@H]2C[C@@H](C)N(C(=O)OCc3ccccc3)[C@H]2C(C)=O)S(=O)(=O)N(C)C)cc1. The number of ether oxygens (including phenoxy) is 2. The van der Waals surface area contributed by atoms with Gasteiger partial charge in [0.2, 0.25) is 0 Å². The van der Waals surface area contributed by atoms with Crippen molar-refractivity contribution in [3.8, 4) is 5.75 Å². The molecule has 0 unspecified atom stereocenters. The van der Waals surface area contributed by atoms with Crippen molar-refractivity contribution >= 4 is 22.1 Å². The molecule has 0 radical (unpaired) electrons. The van der Waals surface area contributed by atoms with Gasteiger partial charge < -0.3 is 9.47 Å². The van der Waals surface area contributed by atoms with E-state index in [-0.39, 0.29) is 18.9 Å². The zero-order chi connectivity index (χ0) is 25.8. The van der Waals surface area contributed by atoms with Crippen molar-refractivity contribution in [1.29, 1.82) is 0 Å². The lowest BCUT2D eigenvalue weighted by Gasteiger charge is -2.34. The molecule has 1 heterocycles. The number of Topliss-reactive ketones (excluding diaryl/α,β-unsaturated/α-hetero) is 1. The van der Waals surface area contributed by atoms with Gasteiger partial charge in [-0.2, -0.15) is 17.0 Å². The number of carbonyl (C=O) groups excluding carboxylic acids is 2. The van der Waals surface area contributed by atoms with Gasteiger partial charge in [-0.05, 0) is 43.5 Å². The topological polar surface area (TPSA) is 96.5 Å². The summed E-state index contributed by atoms with van der Waals surface area (Å²) in [4.78, 5) is 27.3. The summed E-state index contributed by atoms with van der Waals surface area (Å²) in [6.07, 6.45) is -0.343. The molecule has 0 saturated carbocycles. The summed E-state index contributed by atoms with van der Waals surface area (Å²) in [5.74, 6) is 0.351. The third-order valence-corrected chi connectivity index (χ3v) is 8.09. The molecule has 1 fully saturated rings. The Bertz CT molecular complexity index is 1120. The first kappa shape index (κ1) is 26.7. The fourth-order valence-corrected chi connectivity index (χ4v) is 5.65. The molecule has 9 nitrogen and oxygen atoms in total. The summed E-state index contributed by atoms with van der Waals surface area (Å²) in [5.41, 5.74) is 1.55. The maximum atomic E-state index is 13.4. The highest BCUT2D eigenvalue weighted by atomic mass is 32.2. The van der Waals surface area contributed by atoms with E-state index in [9.17, 15) is 18.0 Å². The molecule has 0 N–H and O–H groups in total. The smallest absolute Gasteiger partial charge is 0.411 e. The van der Waals surface area contributed by atoms with Crippen molar-refractivity contribution < 1.29 is 27.5 Å². The second kappa shape index (κ2) is 11.2. The molecule has 0 spiro atoms. The summed E-state index contributed by atoms with van der Waals surface area (Å²) in [5, 5.41) is 0. The van der Waals surface area contributed by atoms with Crippen LogP contribution in [0.25, 0.3) is 0 Å². The third-order valence-electron chi connectivity index (χ3n) is 6.18. The minimum absolute atomic E-state index is 0.0403. The molecule has 1 amide bonds. The van der Waals surface area contributed by atoms with Crippen LogP contribution in [0, 0.1) is 0 Å². The molecular formula is C25H33N3O6S. The van der Waals surface area contributed by atoms with Gasteiger partial charge in [0.15, 0.2) is 5.78 Å². The van der Waals surface area contributed by atoms with Gasteiger partial charge in [0, 0.05) is 26.7 Å². The van der Waals surface area contributed by atoms with E-state index in [4.69, 9.17) is 9.47 Å². The lowest BCUT2D eigenvalue weighted by molar-refractivity contribution is -0.122. The van der Waals surface area contributed by atoms with Crippen molar-refractivity contribution in [1.82, 2.24) is 13.5 Å². The van der Waals surface area contributed by atoms with Crippen LogP contribution in [0.2, 0.25) is 0 Å². The second-order valence-corrected chi connectivity index (χ2v) is 10.9. The Morgan fingerprint density at radius 3 is 2.20 bits per heavy atom. The highest BCUT2D eigenvalue weighted by molar-refractivity contribution is 7.86. The van der Waals surface area contributed by atoms with Crippen molar-refractivity contribution in [2.24, 2.45) is 0 Å². The summed E-state index contributed by atoms with van der Waals surface area (Å²) < 4.78 is 39.9. The van der Waals surface area contributed by atoms with Crippen molar-refractivity contribution in [3.63, 3.8) is 0 Å². The van der Waals surface area contributed by atoms with E-state index in [0.717, 1.165) is 15.4 Å². The molecule has 1 saturated heterocycles. The molecule has 0 bridgehead atoms. The number of likely N-dealkylation sites (tertiary alicyclic amines) is 1. The predicted molar refractivity (Wildman–Crippen MR) is 132 cm³/mol. The van der Waals surface area contributed by atoms with E-state index >= 15 is 0 Å². The highest BCUT2D eigenvalue weighted by Crippen LogP contribution is 2.33. The fraction of sp³-hybridized carbons (Fsp3) is 0.440. The van der Waals surface area contributed by atoms with Crippen LogP contribution < -0.4 is 4.74 Å². The van der Waals surface area contributed by atoms with E-state index in [1.165, 1.54) is 30.2 Å². The van der Waals surface area contributed by atoms with Crippen LogP contribution in [-0.4, -0.2) is 73.1 Å². The number of hydrogen-bond donors (Lipinski definition) is 0. The number of amides is 1. The van der Waals surface area contributed by atoms with Gasteiger partial charge in [-0.3, -0.25) is 9.69 Å². The Hall–Kier alpha value is -2.95. The maximum absolute atomic E-state index is 13.4. The van der Waals surface area contributed by atoms with E-state index in [2.05, 4.69) is 0 Å². The standard InChI is InChI=1S/C25H33N3O6S/c1-18-15-23(24(19(2)29)28(18)25(30)34-17-21-9-7-6-8-10-21)27(35(31,32)26(3)4)16-20-11-13-22(33-5)14-12-20/h6-14,18,23-24H,15-17H2,1-5H3/t18-,23+,24+/m1/s1. The van der Waals surface area contributed by atoms with E-state index in [0.29, 0.717) is 12.2 Å². The maximum Gasteiger partial charge on any atom is 0.411 e. The number of carbonyl (C=O) groups is 2. The molecule has 190 valence electrons. The molecule has 1 aliphatic rings. The average molecular weight is 504 g/mol. The van der Waals surface area contributed by atoms with Gasteiger partial charge in [-0.1, -0.05) is 42.5 Å². The second-order valence-electron chi connectivity index (χ2n) is 8.84.